The molecule has 0 radical (unpaired) electrons. The topological polar surface area (TPSA) is 41.1 Å². The number of carbonyl (C=O) groups excluding carboxylic acids is 1. The van der Waals surface area contributed by atoms with Crippen LogP contribution in [0.5, 0.6) is 0 Å². The van der Waals surface area contributed by atoms with Gasteiger partial charge in [0.2, 0.25) is 0 Å². The second-order valence-corrected chi connectivity index (χ2v) is 2.96. The predicted molar refractivity (Wildman–Crippen MR) is 33.0 cm³/mol. The number of amides is 2. The van der Waals surface area contributed by atoms with Gasteiger partial charge in [-0.3, -0.25) is 0 Å². The molecule has 2 fully saturated rings. The van der Waals surface area contributed by atoms with Crippen molar-refractivity contribution in [3.05, 3.63) is 0 Å². The van der Waals surface area contributed by atoms with Crippen molar-refractivity contribution in [2.45, 2.75) is 25.4 Å². The van der Waals surface area contributed by atoms with E-state index < -0.39 is 0 Å². The summed E-state index contributed by atoms with van der Waals surface area (Å²) in [4.78, 5) is 10.6. The molecule has 0 aromatic rings. The second kappa shape index (κ2) is 1.40. The molecule has 2 amide bonds. The lowest BCUT2D eigenvalue weighted by atomic mass is 9.77. The minimum atomic E-state index is 0.00866. The molecule has 2 N–H and O–H groups in total. The van der Waals surface area contributed by atoms with E-state index >= 15 is 0 Å². The predicted octanol–water partition coefficient (Wildman–Crippen LogP) is 0.0762. The Morgan fingerprint density at radius 1 is 1.56 bits per heavy atom. The van der Waals surface area contributed by atoms with E-state index in [9.17, 15) is 4.79 Å². The van der Waals surface area contributed by atoms with Crippen LogP contribution in [0.1, 0.15) is 13.3 Å². The molecule has 1 aliphatic heterocycles. The van der Waals surface area contributed by atoms with Crippen molar-refractivity contribution in [3.63, 3.8) is 0 Å². The van der Waals surface area contributed by atoms with E-state index in [1.807, 2.05) is 0 Å². The Balaban J connectivity index is 2.08. The van der Waals surface area contributed by atoms with Crippen LogP contribution in [0, 0.1) is 5.92 Å². The molecule has 0 aromatic carbocycles. The van der Waals surface area contributed by atoms with E-state index in [-0.39, 0.29) is 6.03 Å². The van der Waals surface area contributed by atoms with E-state index in [4.69, 9.17) is 0 Å². The molecule has 3 heteroatoms. The van der Waals surface area contributed by atoms with Crippen LogP contribution in [0.4, 0.5) is 4.79 Å². The van der Waals surface area contributed by atoms with Crippen molar-refractivity contribution >= 4 is 6.03 Å². The lowest BCUT2D eigenvalue weighted by molar-refractivity contribution is 0.223. The number of fused-ring (bicyclic) bond motifs is 1. The molecular weight excluding hydrogens is 116 g/mol. The highest BCUT2D eigenvalue weighted by Crippen LogP contribution is 2.29. The largest absolute Gasteiger partial charge is 0.333 e. The van der Waals surface area contributed by atoms with Crippen molar-refractivity contribution in [3.8, 4) is 0 Å². The first-order valence-corrected chi connectivity index (χ1v) is 3.34. The molecule has 2 rings (SSSR count). The van der Waals surface area contributed by atoms with Crippen LogP contribution in [-0.2, 0) is 0 Å². The van der Waals surface area contributed by atoms with Crippen LogP contribution >= 0.6 is 0 Å². The molecule has 0 spiro atoms. The highest BCUT2D eigenvalue weighted by atomic mass is 16.2. The Morgan fingerprint density at radius 2 is 2.33 bits per heavy atom. The SMILES string of the molecule is CC1CC2NC(=O)NC12. The zero-order chi connectivity index (χ0) is 6.43. The van der Waals surface area contributed by atoms with Crippen LogP contribution in [0.15, 0.2) is 0 Å². The molecule has 1 saturated heterocycles. The van der Waals surface area contributed by atoms with Gasteiger partial charge >= 0.3 is 6.03 Å². The van der Waals surface area contributed by atoms with Crippen LogP contribution in [0.25, 0.3) is 0 Å². The third-order valence-corrected chi connectivity index (χ3v) is 2.29. The van der Waals surface area contributed by atoms with Gasteiger partial charge in [0.25, 0.3) is 0 Å². The van der Waals surface area contributed by atoms with Crippen LogP contribution in [-0.4, -0.2) is 18.1 Å². The number of hydrogen-bond donors (Lipinski definition) is 2. The third kappa shape index (κ3) is 0.544. The molecule has 0 bridgehead atoms. The monoisotopic (exact) mass is 126 g/mol. The molecule has 1 heterocycles. The van der Waals surface area contributed by atoms with E-state index in [2.05, 4.69) is 17.6 Å². The zero-order valence-electron chi connectivity index (χ0n) is 5.35. The summed E-state index contributed by atoms with van der Waals surface area (Å²) >= 11 is 0. The minimum Gasteiger partial charge on any atom is -0.333 e. The maximum absolute atomic E-state index is 10.6. The lowest BCUT2D eigenvalue weighted by Crippen LogP contribution is -2.50. The smallest absolute Gasteiger partial charge is 0.315 e. The average Bonchev–Trinajstić information content (AvgIpc) is 2.08. The summed E-state index contributed by atoms with van der Waals surface area (Å²) < 4.78 is 0. The summed E-state index contributed by atoms with van der Waals surface area (Å²) in [7, 11) is 0. The van der Waals surface area contributed by atoms with Gasteiger partial charge in [0.15, 0.2) is 0 Å². The van der Waals surface area contributed by atoms with Crippen molar-refractivity contribution in [2.24, 2.45) is 5.92 Å². The van der Waals surface area contributed by atoms with E-state index in [0.29, 0.717) is 18.0 Å². The highest BCUT2D eigenvalue weighted by Gasteiger charge is 2.44. The fraction of sp³-hybridized carbons (Fsp3) is 0.833. The number of rotatable bonds is 0. The zero-order valence-corrected chi connectivity index (χ0v) is 5.35. The van der Waals surface area contributed by atoms with Gasteiger partial charge in [0.05, 0.1) is 12.1 Å². The minimum absolute atomic E-state index is 0.00866. The van der Waals surface area contributed by atoms with E-state index in [1.165, 1.54) is 0 Å². The second-order valence-electron chi connectivity index (χ2n) is 2.96. The fourth-order valence-electron chi connectivity index (χ4n) is 1.65. The van der Waals surface area contributed by atoms with Gasteiger partial charge in [-0.05, 0) is 12.3 Å². The van der Waals surface area contributed by atoms with E-state index in [0.717, 1.165) is 6.42 Å². The van der Waals surface area contributed by atoms with Crippen LogP contribution in [0.3, 0.4) is 0 Å². The summed E-state index contributed by atoms with van der Waals surface area (Å²) in [6.45, 7) is 2.16. The standard InChI is InChI=1S/C6H10N2O/c1-3-2-4-5(3)8-6(9)7-4/h3-5H,2H2,1H3,(H2,7,8,9). The molecule has 3 unspecified atom stereocenters. The molecule has 2 aliphatic rings. The van der Waals surface area contributed by atoms with Crippen molar-refractivity contribution in [1.29, 1.82) is 0 Å². The van der Waals surface area contributed by atoms with Crippen molar-refractivity contribution in [2.75, 3.05) is 0 Å². The van der Waals surface area contributed by atoms with Gasteiger partial charge in [0, 0.05) is 0 Å². The van der Waals surface area contributed by atoms with Crippen LogP contribution in [0.2, 0.25) is 0 Å². The first kappa shape index (κ1) is 5.09. The molecule has 1 aliphatic carbocycles. The maximum Gasteiger partial charge on any atom is 0.315 e. The Bertz CT molecular complexity index is 157. The molecule has 50 valence electrons. The van der Waals surface area contributed by atoms with Gasteiger partial charge in [0.1, 0.15) is 0 Å². The van der Waals surface area contributed by atoms with E-state index in [1.54, 1.807) is 0 Å². The van der Waals surface area contributed by atoms with Gasteiger partial charge in [-0.15, -0.1) is 0 Å². The Kier molecular flexibility index (Phi) is 0.793. The molecule has 3 nitrogen and oxygen atoms in total. The number of carbonyl (C=O) groups is 1. The van der Waals surface area contributed by atoms with Crippen molar-refractivity contribution in [1.82, 2.24) is 10.6 Å². The molecule has 0 aromatic heterocycles. The Morgan fingerprint density at radius 3 is 2.78 bits per heavy atom. The average molecular weight is 126 g/mol. The Hall–Kier alpha value is -0.730. The quantitative estimate of drug-likeness (QED) is 0.474. The fourth-order valence-corrected chi connectivity index (χ4v) is 1.65. The first-order valence-electron chi connectivity index (χ1n) is 3.34. The van der Waals surface area contributed by atoms with Crippen LogP contribution < -0.4 is 10.6 Å². The first-order chi connectivity index (χ1) is 4.27. The summed E-state index contributed by atoms with van der Waals surface area (Å²) in [6, 6.07) is 0.874. The number of hydrogen-bond acceptors (Lipinski definition) is 1. The van der Waals surface area contributed by atoms with Gasteiger partial charge in [-0.25, -0.2) is 4.79 Å². The number of nitrogens with one attached hydrogen (secondary N) is 2. The Labute approximate surface area is 53.8 Å². The lowest BCUT2D eigenvalue weighted by Gasteiger charge is -2.35. The summed E-state index contributed by atoms with van der Waals surface area (Å²) in [5, 5.41) is 5.69. The van der Waals surface area contributed by atoms with Gasteiger partial charge in [-0.2, -0.15) is 0 Å². The molecule has 9 heavy (non-hydrogen) atoms. The van der Waals surface area contributed by atoms with Gasteiger partial charge in [-0.1, -0.05) is 6.92 Å². The van der Waals surface area contributed by atoms with Gasteiger partial charge < -0.3 is 10.6 Å². The normalized spacial score (nSPS) is 46.8. The maximum atomic E-state index is 10.6. The third-order valence-electron chi connectivity index (χ3n) is 2.29. The summed E-state index contributed by atoms with van der Waals surface area (Å²) in [6.07, 6.45) is 1.14. The summed E-state index contributed by atoms with van der Waals surface area (Å²) in [5.41, 5.74) is 0. The molecule has 3 atom stereocenters. The number of urea groups is 1. The molecule has 1 saturated carbocycles. The van der Waals surface area contributed by atoms with Crippen molar-refractivity contribution < 1.29 is 4.79 Å². The summed E-state index contributed by atoms with van der Waals surface area (Å²) in [5.74, 6) is 0.675. The molecular formula is C6H10N2O. The highest BCUT2D eigenvalue weighted by molar-refractivity contribution is 5.78.